The first kappa shape index (κ1) is 18.4. The normalized spacial score (nSPS) is 13.7. The first-order valence-corrected chi connectivity index (χ1v) is 7.70. The van der Waals surface area contributed by atoms with E-state index in [2.05, 4.69) is 41.5 Å². The molecule has 0 aliphatic rings. The predicted molar refractivity (Wildman–Crippen MR) is 82.9 cm³/mol. The zero-order valence-electron chi connectivity index (χ0n) is 13.8. The van der Waals surface area contributed by atoms with Crippen LogP contribution < -0.4 is 5.73 Å². The van der Waals surface area contributed by atoms with Crippen LogP contribution in [0.2, 0.25) is 0 Å². The van der Waals surface area contributed by atoms with Crippen molar-refractivity contribution in [2.45, 2.75) is 60.8 Å². The number of nitrogens with two attached hydrogens (primary N) is 1. The van der Waals surface area contributed by atoms with Crippen molar-refractivity contribution in [2.75, 3.05) is 19.6 Å². The molecule has 0 aromatic heterocycles. The minimum Gasteiger partial charge on any atom is -0.343 e. The van der Waals surface area contributed by atoms with E-state index in [0.717, 1.165) is 25.9 Å². The third kappa shape index (κ3) is 7.56. The molecule has 0 heterocycles. The molecule has 0 fully saturated rings. The van der Waals surface area contributed by atoms with E-state index in [-0.39, 0.29) is 5.41 Å². The Morgan fingerprint density at radius 1 is 1.21 bits per heavy atom. The summed E-state index contributed by atoms with van der Waals surface area (Å²) >= 11 is 0. The van der Waals surface area contributed by atoms with Gasteiger partial charge in [0.1, 0.15) is 0 Å². The fraction of sp³-hybridized carbons (Fsp3) is 0.938. The first-order chi connectivity index (χ1) is 8.72. The highest BCUT2D eigenvalue weighted by Crippen LogP contribution is 2.32. The molecule has 114 valence electrons. The Labute approximate surface area is 119 Å². The highest BCUT2D eigenvalue weighted by molar-refractivity contribution is 5.76. The van der Waals surface area contributed by atoms with Gasteiger partial charge in [-0.15, -0.1) is 0 Å². The molecule has 3 nitrogen and oxygen atoms in total. The second-order valence-corrected chi connectivity index (χ2v) is 7.01. The second-order valence-electron chi connectivity index (χ2n) is 7.01. The van der Waals surface area contributed by atoms with Crippen LogP contribution in [0.25, 0.3) is 0 Å². The van der Waals surface area contributed by atoms with Crippen LogP contribution in [0.3, 0.4) is 0 Å². The van der Waals surface area contributed by atoms with Gasteiger partial charge in [-0.05, 0) is 43.6 Å². The minimum absolute atomic E-state index is 0.231. The summed E-state index contributed by atoms with van der Waals surface area (Å²) in [5.74, 6) is 1.35. The Hall–Kier alpha value is -0.570. The van der Waals surface area contributed by atoms with Crippen LogP contribution in [-0.2, 0) is 4.79 Å². The lowest BCUT2D eigenvalue weighted by molar-refractivity contribution is -0.132. The average molecular weight is 270 g/mol. The first-order valence-electron chi connectivity index (χ1n) is 7.70. The summed E-state index contributed by atoms with van der Waals surface area (Å²) in [6, 6.07) is 0. The number of carbonyl (C=O) groups is 1. The van der Waals surface area contributed by atoms with Crippen LogP contribution in [0.5, 0.6) is 0 Å². The molecule has 0 aliphatic heterocycles. The van der Waals surface area contributed by atoms with E-state index in [1.807, 2.05) is 4.90 Å². The van der Waals surface area contributed by atoms with Crippen LogP contribution in [-0.4, -0.2) is 30.4 Å². The number of rotatable bonds is 8. The Morgan fingerprint density at radius 2 is 1.79 bits per heavy atom. The van der Waals surface area contributed by atoms with Crippen LogP contribution in [0, 0.1) is 17.3 Å². The fourth-order valence-corrected chi connectivity index (χ4v) is 2.52. The molecule has 0 saturated carbocycles. The van der Waals surface area contributed by atoms with E-state index in [0.29, 0.717) is 30.7 Å². The maximum atomic E-state index is 12.2. The van der Waals surface area contributed by atoms with Crippen LogP contribution >= 0.6 is 0 Å². The van der Waals surface area contributed by atoms with Gasteiger partial charge in [-0.2, -0.15) is 0 Å². The number of amides is 1. The lowest BCUT2D eigenvalue weighted by Gasteiger charge is -2.31. The zero-order chi connectivity index (χ0) is 15.1. The highest BCUT2D eigenvalue weighted by Gasteiger charge is 2.25. The molecule has 0 aromatic carbocycles. The van der Waals surface area contributed by atoms with Gasteiger partial charge in [0.15, 0.2) is 0 Å². The highest BCUT2D eigenvalue weighted by atomic mass is 16.2. The van der Waals surface area contributed by atoms with Crippen molar-refractivity contribution in [2.24, 2.45) is 23.0 Å². The van der Waals surface area contributed by atoms with Gasteiger partial charge in [-0.25, -0.2) is 0 Å². The lowest BCUT2D eigenvalue weighted by atomic mass is 9.76. The molecule has 0 radical (unpaired) electrons. The topological polar surface area (TPSA) is 46.3 Å². The van der Waals surface area contributed by atoms with Crippen molar-refractivity contribution >= 4 is 5.91 Å². The summed E-state index contributed by atoms with van der Waals surface area (Å²) in [7, 11) is 0. The number of hydrogen-bond acceptors (Lipinski definition) is 2. The smallest absolute Gasteiger partial charge is 0.222 e. The molecule has 0 aliphatic carbocycles. The van der Waals surface area contributed by atoms with Gasteiger partial charge < -0.3 is 10.6 Å². The van der Waals surface area contributed by atoms with E-state index in [1.165, 1.54) is 0 Å². The molecule has 0 aromatic rings. The third-order valence-electron chi connectivity index (χ3n) is 3.77. The standard InChI is InChI=1S/C16H34N2O/c1-7-18(12-13(2)3)15(19)9-8-14(10-11-17)16(4,5)6/h13-14H,7-12,17H2,1-6H3. The molecule has 1 atom stereocenters. The Kier molecular flexibility index (Phi) is 8.31. The van der Waals surface area contributed by atoms with Gasteiger partial charge in [-0.3, -0.25) is 4.79 Å². The molecule has 19 heavy (non-hydrogen) atoms. The van der Waals surface area contributed by atoms with E-state index >= 15 is 0 Å². The van der Waals surface area contributed by atoms with Crippen molar-refractivity contribution in [3.8, 4) is 0 Å². The van der Waals surface area contributed by atoms with Gasteiger partial charge in [0.2, 0.25) is 5.91 Å². The quantitative estimate of drug-likeness (QED) is 0.735. The molecule has 1 amide bonds. The van der Waals surface area contributed by atoms with Gasteiger partial charge in [0.05, 0.1) is 0 Å². The second kappa shape index (κ2) is 8.57. The van der Waals surface area contributed by atoms with E-state index < -0.39 is 0 Å². The van der Waals surface area contributed by atoms with Crippen molar-refractivity contribution in [3.63, 3.8) is 0 Å². The molecule has 0 bridgehead atoms. The molecular formula is C16H34N2O. The number of carbonyl (C=O) groups excluding carboxylic acids is 1. The van der Waals surface area contributed by atoms with Gasteiger partial charge >= 0.3 is 0 Å². The third-order valence-corrected chi connectivity index (χ3v) is 3.77. The largest absolute Gasteiger partial charge is 0.343 e. The molecule has 0 saturated heterocycles. The van der Waals surface area contributed by atoms with E-state index in [4.69, 9.17) is 5.73 Å². The Bertz CT molecular complexity index is 256. The minimum atomic E-state index is 0.231. The van der Waals surface area contributed by atoms with Crippen molar-refractivity contribution in [1.82, 2.24) is 4.90 Å². The molecule has 0 rings (SSSR count). The van der Waals surface area contributed by atoms with Gasteiger partial charge in [0, 0.05) is 19.5 Å². The van der Waals surface area contributed by atoms with Crippen LogP contribution in [0.1, 0.15) is 60.8 Å². The van der Waals surface area contributed by atoms with Crippen LogP contribution in [0.4, 0.5) is 0 Å². The Morgan fingerprint density at radius 3 is 2.16 bits per heavy atom. The maximum absolute atomic E-state index is 12.2. The molecular weight excluding hydrogens is 236 g/mol. The monoisotopic (exact) mass is 270 g/mol. The summed E-state index contributed by atoms with van der Waals surface area (Å²) in [6.07, 6.45) is 2.61. The summed E-state index contributed by atoms with van der Waals surface area (Å²) in [6.45, 7) is 15.5. The summed E-state index contributed by atoms with van der Waals surface area (Å²) in [5, 5.41) is 0. The van der Waals surface area contributed by atoms with E-state index in [9.17, 15) is 4.79 Å². The summed E-state index contributed by atoms with van der Waals surface area (Å²) in [5.41, 5.74) is 5.92. The zero-order valence-corrected chi connectivity index (χ0v) is 13.8. The van der Waals surface area contributed by atoms with Gasteiger partial charge in [0.25, 0.3) is 0 Å². The molecule has 1 unspecified atom stereocenters. The van der Waals surface area contributed by atoms with Gasteiger partial charge in [-0.1, -0.05) is 34.6 Å². The molecule has 3 heteroatoms. The molecule has 2 N–H and O–H groups in total. The number of hydrogen-bond donors (Lipinski definition) is 1. The average Bonchev–Trinajstić information content (AvgIpc) is 2.29. The van der Waals surface area contributed by atoms with Crippen molar-refractivity contribution in [3.05, 3.63) is 0 Å². The Balaban J connectivity index is 4.38. The van der Waals surface area contributed by atoms with Crippen LogP contribution in [0.15, 0.2) is 0 Å². The SMILES string of the molecule is CCN(CC(C)C)C(=O)CCC(CCN)C(C)(C)C. The number of nitrogens with zero attached hydrogens (tertiary/aromatic N) is 1. The lowest BCUT2D eigenvalue weighted by Crippen LogP contribution is -2.35. The van der Waals surface area contributed by atoms with Crippen molar-refractivity contribution in [1.29, 1.82) is 0 Å². The molecule has 0 spiro atoms. The summed E-state index contributed by atoms with van der Waals surface area (Å²) < 4.78 is 0. The van der Waals surface area contributed by atoms with Crippen molar-refractivity contribution < 1.29 is 4.79 Å². The summed E-state index contributed by atoms with van der Waals surface area (Å²) in [4.78, 5) is 14.2. The predicted octanol–water partition coefficient (Wildman–Crippen LogP) is 3.28. The van der Waals surface area contributed by atoms with E-state index in [1.54, 1.807) is 0 Å². The maximum Gasteiger partial charge on any atom is 0.222 e. The fourth-order valence-electron chi connectivity index (χ4n) is 2.52.